The fourth-order valence-electron chi connectivity index (χ4n) is 15.9. The summed E-state index contributed by atoms with van der Waals surface area (Å²) in [5, 5.41) is 22.3. The number of aliphatic hydroxyl groups is 2. The minimum absolute atomic E-state index is 0. The van der Waals surface area contributed by atoms with E-state index in [1.165, 1.54) is 115 Å². The molecule has 0 spiro atoms. The van der Waals surface area contributed by atoms with E-state index < -0.39 is 6.10 Å². The van der Waals surface area contributed by atoms with Crippen LogP contribution >= 0.6 is 22.7 Å². The molecule has 13 heterocycles. The van der Waals surface area contributed by atoms with E-state index in [9.17, 15) is 0 Å². The van der Waals surface area contributed by atoms with Gasteiger partial charge in [0, 0.05) is 155 Å². The number of hydrogen-bond acceptors (Lipinski definition) is 8. The van der Waals surface area contributed by atoms with Crippen LogP contribution in [0.2, 0.25) is 0 Å². The number of aryl methyl sites for hydroxylation is 1. The van der Waals surface area contributed by atoms with Crippen molar-refractivity contribution in [3.8, 4) is 95.9 Å². The van der Waals surface area contributed by atoms with E-state index >= 15 is 0 Å². The number of fused-ring (bicyclic) bond motifs is 20. The van der Waals surface area contributed by atoms with Gasteiger partial charge in [0.1, 0.15) is 6.54 Å². The number of benzene rings is 12. The Morgan fingerprint density at radius 2 is 1.02 bits per heavy atom. The van der Waals surface area contributed by atoms with Gasteiger partial charge in [0.2, 0.25) is 17.1 Å². The first-order valence-corrected chi connectivity index (χ1v) is 42.9. The third-order valence-corrected chi connectivity index (χ3v) is 24.0. The molecule has 21 aromatic rings. The predicted molar refractivity (Wildman–Crippen MR) is 509 cm³/mol. The Bertz CT molecular complexity index is 7800. The van der Waals surface area contributed by atoms with E-state index in [0.29, 0.717) is 5.56 Å². The Balaban J connectivity index is 0.000000113. The van der Waals surface area contributed by atoms with Gasteiger partial charge in [0.05, 0.1) is 66.8 Å². The maximum Gasteiger partial charge on any atom is 0.331 e. The molecule has 9 aromatic heterocycles. The molecule has 15 heteroatoms. The number of aromatic nitrogens is 9. The molecule has 0 aliphatic carbocycles. The van der Waals surface area contributed by atoms with Crippen LogP contribution in [0.1, 0.15) is 51.4 Å². The van der Waals surface area contributed by atoms with E-state index in [2.05, 4.69) is 270 Å². The third-order valence-electron chi connectivity index (χ3n) is 21.6. The third kappa shape index (κ3) is 19.7. The average Bonchev–Trinajstić information content (AvgIpc) is 1.58. The standard InChI is InChI=1S/C19H13N2.C18H12NS.C18H14N.C17H10NS.C12H11N2.C12H10N.C11H8N.C5H10O2.2Ir/c1-3-9-15(10-4-1)19-20-17-13-7-8-14-18(17)21(19)16-11-5-2-6-12-16;1-2-7-16-13(5-1)14-9-8-12-11-19-10-4-3-6-15(19)17(12)18(14)20-16;1-2-6-14(7-3-1)15-9-10-16-13-19-11-5-4-8-18(19)17(16)12-15;1-2-10-16-12(6-1)13-7-5-8-14(17(13)19-16)15-9-3-4-11-18-15;1-9-6-7-14-8-10-4-2-3-5-11(10)12(14)13-9;1-2-6-11-10(5-1)9-13-8-4-3-7-12(11)13;1-2-6-10(7-3-1)11-8-4-5-9-12-11;1-4(6)3-5(2)7;;/h1-9,11-14H;1-10H,11H2;1-12H,13H2;1-7,9-11H;2-7H,8H2,1H3;1-8H,9H2;1-6,8-9H;3-4,6-7H,1-2H3;;/q-1;2*+1;-1;2*+1;-1;;;/i;;;;;1D,2D,3D,4D,5D,6D,7D;;;;. The Morgan fingerprint density at radius 3 is 1.74 bits per heavy atom. The molecule has 1 atom stereocenters. The predicted octanol–water partition coefficient (Wildman–Crippen LogP) is 24.5. The summed E-state index contributed by atoms with van der Waals surface area (Å²) >= 11 is 3.73. The number of nitrogens with zero attached hydrogens (tertiary/aromatic N) is 9. The molecular weight excluding hydrogens is 1950 g/mol. The van der Waals surface area contributed by atoms with Gasteiger partial charge in [-0.3, -0.25) is 4.98 Å². The van der Waals surface area contributed by atoms with E-state index in [-0.39, 0.29) is 106 Å². The van der Waals surface area contributed by atoms with Gasteiger partial charge in [0.25, 0.3) is 0 Å². The quantitative estimate of drug-likeness (QED) is 0.0974. The number of rotatable bonds is 6. The molecule has 0 amide bonds. The van der Waals surface area contributed by atoms with Gasteiger partial charge >= 0.3 is 5.82 Å². The topological polar surface area (TPSA) is 112 Å². The second-order valence-corrected chi connectivity index (χ2v) is 32.2. The minimum Gasteiger partial charge on any atom is -0.513 e. The first kappa shape index (κ1) is 77.9. The van der Waals surface area contributed by atoms with Crippen LogP contribution < -0.4 is 18.3 Å². The monoisotopic (exact) mass is 2050 g/mol. The molecule has 0 bridgehead atoms. The van der Waals surface area contributed by atoms with Crippen LogP contribution in [-0.2, 0) is 66.4 Å². The van der Waals surface area contributed by atoms with Crippen LogP contribution in [0.5, 0.6) is 0 Å². The molecule has 4 aliphatic rings. The second kappa shape index (κ2) is 40.9. The molecule has 11 nitrogen and oxygen atoms in total. The molecule has 0 saturated carbocycles. The van der Waals surface area contributed by atoms with Gasteiger partial charge in [-0.25, -0.2) is 4.57 Å². The Kier molecular flexibility index (Phi) is 25.1. The van der Waals surface area contributed by atoms with Crippen molar-refractivity contribution in [2.24, 2.45) is 0 Å². The maximum absolute atomic E-state index is 8.49. The van der Waals surface area contributed by atoms with E-state index in [1.807, 2.05) is 163 Å². The van der Waals surface area contributed by atoms with Crippen LogP contribution in [0.15, 0.2) is 419 Å². The molecule has 0 fully saturated rings. The number of imidazole rings is 1. The summed E-state index contributed by atoms with van der Waals surface area (Å²) < 4.78 is 70.5. The zero-order chi connectivity index (χ0) is 90.9. The van der Waals surface area contributed by atoms with E-state index in [4.69, 9.17) is 24.8 Å². The molecule has 25 rings (SSSR count). The van der Waals surface area contributed by atoms with E-state index in [1.54, 1.807) is 17.7 Å². The largest absolute Gasteiger partial charge is 0.513 e. The Labute approximate surface area is 784 Å². The first-order chi connectivity index (χ1) is 64.5. The van der Waals surface area contributed by atoms with Gasteiger partial charge in [0.15, 0.2) is 43.9 Å². The molecule has 1 unspecified atom stereocenters. The van der Waals surface area contributed by atoms with Crippen LogP contribution in [0.3, 0.4) is 0 Å². The van der Waals surface area contributed by atoms with E-state index in [0.717, 1.165) is 81.8 Å². The summed E-state index contributed by atoms with van der Waals surface area (Å²) in [5.41, 5.74) is 23.9. The summed E-state index contributed by atoms with van der Waals surface area (Å²) in [6.07, 6.45) is 12.3. The minimum atomic E-state index is -0.537. The van der Waals surface area contributed by atoms with Gasteiger partial charge in [-0.1, -0.05) is 187 Å². The summed E-state index contributed by atoms with van der Waals surface area (Å²) in [5.74, 6) is 2.18. The van der Waals surface area contributed by atoms with Gasteiger partial charge in [-0.2, -0.15) is 25.0 Å². The number of allylic oxidation sites excluding steroid dienone is 1. The Hall–Kier alpha value is -13.8. The Morgan fingerprint density at radius 1 is 0.441 bits per heavy atom. The van der Waals surface area contributed by atoms with Crippen molar-refractivity contribution in [1.29, 1.82) is 0 Å². The second-order valence-electron chi connectivity index (χ2n) is 30.1. The average molecular weight is 2050 g/mol. The molecule has 127 heavy (non-hydrogen) atoms. The summed E-state index contributed by atoms with van der Waals surface area (Å²) in [7, 11) is 0. The summed E-state index contributed by atoms with van der Waals surface area (Å²) in [4.78, 5) is 18.0. The number of thiophene rings is 2. The molecular formula is C112H88Ir2N9O2S2+. The van der Waals surface area contributed by atoms with Crippen molar-refractivity contribution >= 4 is 74.1 Å². The van der Waals surface area contributed by atoms with Crippen LogP contribution in [0, 0.1) is 25.1 Å². The van der Waals surface area contributed by atoms with Crippen molar-refractivity contribution in [3.63, 3.8) is 0 Å². The van der Waals surface area contributed by atoms with Crippen LogP contribution in [-0.4, -0.2) is 40.8 Å². The van der Waals surface area contributed by atoms with Crippen molar-refractivity contribution in [2.75, 3.05) is 0 Å². The smallest absolute Gasteiger partial charge is 0.331 e. The molecule has 622 valence electrons. The van der Waals surface area contributed by atoms with Crippen molar-refractivity contribution < 1.29 is 78.3 Å². The SMILES string of the molecule is CC(O)=CC(C)O.Cc1cc[n+]2c(n1)-c1ccccc1C2.[2H]c1c[n+]2c(c([2H])c1[2H])-c1c([2H])c([2H])c([2H])c([2H])c1C2.[Ir].[Ir].[c-]1ccc2c(sc3ccccc32)c1-c1ccccn1.[c-]1ccccc1-c1ccccn1.[c-]1ccccc1-c1nc2ccccc2n1-c1ccccc1.c1cc[n+]2c(c1)-c1c(ccc3c1sc1ccccc13)C2.c1ccc(-c2ccc3c(c2)-c2cccc[n+]2C3)cc1. The number of pyridine rings is 5. The normalized spacial score (nSPS) is 12.5. The van der Waals surface area contributed by atoms with Crippen molar-refractivity contribution in [1.82, 2.24) is 24.5 Å². The maximum atomic E-state index is 8.49. The van der Waals surface area contributed by atoms with Crippen molar-refractivity contribution in [2.45, 2.75) is 53.1 Å². The number of para-hydroxylation sites is 3. The molecule has 12 aromatic carbocycles. The molecule has 2 radical (unpaired) electrons. The number of aliphatic hydroxyl groups excluding tert-OH is 2. The van der Waals surface area contributed by atoms with Gasteiger partial charge in [-0.05, 0) is 142 Å². The zero-order valence-corrected chi connectivity index (χ0v) is 75.9. The van der Waals surface area contributed by atoms with Gasteiger partial charge < -0.3 is 24.7 Å². The van der Waals surface area contributed by atoms with Crippen LogP contribution in [0.25, 0.3) is 147 Å². The molecule has 0 saturated heterocycles. The summed E-state index contributed by atoms with van der Waals surface area (Å²) in [6, 6.07) is 121. The van der Waals surface area contributed by atoms with Gasteiger partial charge in [-0.15, -0.1) is 107 Å². The summed E-state index contributed by atoms with van der Waals surface area (Å²) in [6.45, 7) is 8.27. The fourth-order valence-corrected chi connectivity index (χ4v) is 18.4. The molecule has 4 aliphatic heterocycles. The van der Waals surface area contributed by atoms with Crippen molar-refractivity contribution in [3.05, 3.63) is 465 Å². The van der Waals surface area contributed by atoms with Crippen LogP contribution in [0.4, 0.5) is 0 Å². The number of hydrogen-bond donors (Lipinski definition) is 2. The molecule has 2 N–H and O–H groups in total. The fraction of sp³-hybridized carbons (Fsp3) is 0.0714. The zero-order valence-electron chi connectivity index (χ0n) is 76.5. The first-order valence-electron chi connectivity index (χ1n) is 44.8.